The molecule has 2 amide bonds. The van der Waals surface area contributed by atoms with Crippen LogP contribution < -0.4 is 9.80 Å². The van der Waals surface area contributed by atoms with E-state index in [1.807, 2.05) is 71.1 Å². The van der Waals surface area contributed by atoms with Gasteiger partial charge in [-0.15, -0.1) is 0 Å². The van der Waals surface area contributed by atoms with Gasteiger partial charge in [-0.05, 0) is 61.7 Å². The van der Waals surface area contributed by atoms with E-state index in [0.717, 1.165) is 35.0 Å². The minimum Gasteiger partial charge on any atom is -0.379 e. The molecule has 4 heterocycles. The van der Waals surface area contributed by atoms with Crippen molar-refractivity contribution >= 4 is 55.8 Å². The lowest BCUT2D eigenvalue weighted by Gasteiger charge is -2.29. The first kappa shape index (κ1) is 28.5. The molecule has 0 unspecified atom stereocenters. The monoisotopic (exact) mass is 610 g/mol. The number of hydrogen-bond acceptors (Lipinski definition) is 5. The van der Waals surface area contributed by atoms with Crippen molar-refractivity contribution in [2.24, 2.45) is 0 Å². The van der Waals surface area contributed by atoms with Crippen LogP contribution in [0.2, 0.25) is 0 Å². The van der Waals surface area contributed by atoms with E-state index in [1.165, 1.54) is 9.87 Å². The van der Waals surface area contributed by atoms with Crippen molar-refractivity contribution in [1.82, 2.24) is 8.87 Å². The molecule has 9 nitrogen and oxygen atoms in total. The maximum absolute atomic E-state index is 13.7. The van der Waals surface area contributed by atoms with Gasteiger partial charge in [-0.2, -0.15) is 4.31 Å². The van der Waals surface area contributed by atoms with E-state index in [9.17, 15) is 18.0 Å². The number of aryl methyl sites for hydroxylation is 1. The maximum Gasteiger partial charge on any atom is 0.258 e. The predicted molar refractivity (Wildman–Crippen MR) is 171 cm³/mol. The van der Waals surface area contributed by atoms with Gasteiger partial charge >= 0.3 is 0 Å². The highest BCUT2D eigenvalue weighted by atomic mass is 32.2. The van der Waals surface area contributed by atoms with Gasteiger partial charge in [-0.1, -0.05) is 36.4 Å². The molecule has 1 saturated heterocycles. The average Bonchev–Trinajstić information content (AvgIpc) is 3.54. The van der Waals surface area contributed by atoms with Crippen molar-refractivity contribution in [2.75, 3.05) is 49.2 Å². The summed E-state index contributed by atoms with van der Waals surface area (Å²) in [6, 6.07) is 20.8. The molecule has 4 aromatic rings. The Kier molecular flexibility index (Phi) is 7.36. The predicted octanol–water partition coefficient (Wildman–Crippen LogP) is 4.55. The molecular formula is C34H34N4O5S. The van der Waals surface area contributed by atoms with E-state index in [2.05, 4.69) is 6.07 Å². The quantitative estimate of drug-likeness (QED) is 0.299. The number of morpholine rings is 1. The lowest BCUT2D eigenvalue weighted by molar-refractivity contribution is -0.119. The van der Waals surface area contributed by atoms with Gasteiger partial charge in [-0.25, -0.2) is 8.42 Å². The first-order valence-corrected chi connectivity index (χ1v) is 16.5. The second-order valence-electron chi connectivity index (χ2n) is 11.3. The third-order valence-corrected chi connectivity index (χ3v) is 10.7. The summed E-state index contributed by atoms with van der Waals surface area (Å²) in [7, 11) is -3.75. The van der Waals surface area contributed by atoms with Gasteiger partial charge in [0.1, 0.15) is 6.54 Å². The summed E-state index contributed by atoms with van der Waals surface area (Å²) in [6.07, 6.45) is 5.64. The molecule has 0 spiro atoms. The second kappa shape index (κ2) is 11.4. The topological polar surface area (TPSA) is 92.2 Å². The van der Waals surface area contributed by atoms with Gasteiger partial charge in [0.2, 0.25) is 15.9 Å². The van der Waals surface area contributed by atoms with Crippen LogP contribution >= 0.6 is 0 Å². The summed E-state index contributed by atoms with van der Waals surface area (Å²) in [4.78, 5) is 31.1. The summed E-state index contributed by atoms with van der Waals surface area (Å²) in [6.45, 7) is 4.49. The van der Waals surface area contributed by atoms with Crippen LogP contribution in [0.4, 0.5) is 11.4 Å². The minimum absolute atomic E-state index is 0.00881. The lowest BCUT2D eigenvalue weighted by Crippen LogP contribution is -2.40. The van der Waals surface area contributed by atoms with E-state index in [-0.39, 0.29) is 23.3 Å². The lowest BCUT2D eigenvalue weighted by atomic mass is 10.0. The standard InChI is InChI=1S/C34H34N4O5S/c1-2-37-32-14-13-26(44(41,42)36-16-18-43-19-17-36)21-28(32)29(34(37)40)20-25-22-35(31-12-6-4-10-27(25)31)23-33(39)38-15-7-9-24-8-3-5-11-30(24)38/h3-6,8,10-14,20-22H,2,7,9,15-19,23H2,1H3. The Balaban J connectivity index is 1.27. The Morgan fingerprint density at radius 1 is 0.955 bits per heavy atom. The number of nitrogens with zero attached hydrogens (tertiary/aromatic N) is 4. The summed E-state index contributed by atoms with van der Waals surface area (Å²) in [5.41, 5.74) is 5.54. The number of ether oxygens (including phenoxy) is 1. The van der Waals surface area contributed by atoms with Crippen molar-refractivity contribution in [3.63, 3.8) is 0 Å². The first-order valence-electron chi connectivity index (χ1n) is 15.1. The second-order valence-corrected chi connectivity index (χ2v) is 13.2. The third kappa shape index (κ3) is 4.83. The molecule has 1 fully saturated rings. The Morgan fingerprint density at radius 3 is 2.55 bits per heavy atom. The van der Waals surface area contributed by atoms with Crippen LogP contribution in [0.25, 0.3) is 22.6 Å². The Hall–Kier alpha value is -4.25. The highest BCUT2D eigenvalue weighted by Gasteiger charge is 2.34. The van der Waals surface area contributed by atoms with Gasteiger partial charge in [0.25, 0.3) is 5.91 Å². The van der Waals surface area contributed by atoms with Crippen LogP contribution in [0.5, 0.6) is 0 Å². The van der Waals surface area contributed by atoms with Crippen molar-refractivity contribution in [1.29, 1.82) is 0 Å². The number of carbonyl (C=O) groups excluding carboxylic acids is 2. The van der Waals surface area contributed by atoms with Crippen LogP contribution in [0.3, 0.4) is 0 Å². The normalized spacial score (nSPS) is 18.2. The molecule has 0 N–H and O–H groups in total. The van der Waals surface area contributed by atoms with Crippen LogP contribution in [0, 0.1) is 0 Å². The Labute approximate surface area is 257 Å². The molecule has 3 aliphatic rings. The SMILES string of the molecule is CCN1C(=O)C(=Cc2cn(CC(=O)N3CCCc4ccccc43)c3ccccc23)c2cc(S(=O)(=O)N3CCOCC3)ccc21. The van der Waals surface area contributed by atoms with Gasteiger partial charge in [-0.3, -0.25) is 9.59 Å². The zero-order chi connectivity index (χ0) is 30.4. The molecule has 0 aliphatic carbocycles. The fraction of sp³-hybridized carbons (Fsp3) is 0.294. The number of para-hydroxylation sites is 2. The highest BCUT2D eigenvalue weighted by Crippen LogP contribution is 2.40. The molecule has 3 aliphatic heterocycles. The van der Waals surface area contributed by atoms with E-state index >= 15 is 0 Å². The Bertz CT molecular complexity index is 1920. The largest absolute Gasteiger partial charge is 0.379 e. The zero-order valence-corrected chi connectivity index (χ0v) is 25.4. The molecule has 7 rings (SSSR count). The first-order chi connectivity index (χ1) is 21.4. The minimum atomic E-state index is -3.75. The van der Waals surface area contributed by atoms with Crippen LogP contribution in [0.15, 0.2) is 77.8 Å². The number of sulfonamides is 1. The van der Waals surface area contributed by atoms with Crippen molar-refractivity contribution < 1.29 is 22.7 Å². The summed E-state index contributed by atoms with van der Waals surface area (Å²) in [5.74, 6) is -0.171. The van der Waals surface area contributed by atoms with E-state index in [1.54, 1.807) is 23.1 Å². The molecule has 0 bridgehead atoms. The highest BCUT2D eigenvalue weighted by molar-refractivity contribution is 7.89. The van der Waals surface area contributed by atoms with Crippen LogP contribution in [-0.2, 0) is 37.3 Å². The zero-order valence-electron chi connectivity index (χ0n) is 24.6. The number of benzene rings is 3. The fourth-order valence-corrected chi connectivity index (χ4v) is 8.02. The van der Waals surface area contributed by atoms with Crippen molar-refractivity contribution in [2.45, 2.75) is 31.2 Å². The Morgan fingerprint density at radius 2 is 1.73 bits per heavy atom. The van der Waals surface area contributed by atoms with Gasteiger partial charge in [0.15, 0.2) is 0 Å². The molecule has 44 heavy (non-hydrogen) atoms. The molecule has 0 atom stereocenters. The van der Waals surface area contributed by atoms with Crippen LogP contribution in [-0.4, -0.2) is 68.5 Å². The molecule has 3 aromatic carbocycles. The third-order valence-electron chi connectivity index (χ3n) is 8.78. The molecular weight excluding hydrogens is 576 g/mol. The number of likely N-dealkylation sites (N-methyl/N-ethyl adjacent to an activating group) is 1. The number of aromatic nitrogens is 1. The summed E-state index contributed by atoms with van der Waals surface area (Å²) >= 11 is 0. The maximum atomic E-state index is 13.7. The number of anilines is 2. The van der Waals surface area contributed by atoms with E-state index in [0.29, 0.717) is 56.2 Å². The van der Waals surface area contributed by atoms with Gasteiger partial charge in [0, 0.05) is 65.7 Å². The molecule has 226 valence electrons. The van der Waals surface area contributed by atoms with E-state index < -0.39 is 10.0 Å². The van der Waals surface area contributed by atoms with E-state index in [4.69, 9.17) is 4.74 Å². The number of rotatable bonds is 6. The number of fused-ring (bicyclic) bond motifs is 3. The molecule has 10 heteroatoms. The average molecular weight is 611 g/mol. The molecule has 0 saturated carbocycles. The summed E-state index contributed by atoms with van der Waals surface area (Å²) < 4.78 is 35.7. The smallest absolute Gasteiger partial charge is 0.258 e. The number of carbonyl (C=O) groups is 2. The number of hydrogen-bond donors (Lipinski definition) is 0. The van der Waals surface area contributed by atoms with Crippen molar-refractivity contribution in [3.05, 3.63) is 89.6 Å². The molecule has 1 aromatic heterocycles. The number of amides is 2. The molecule has 0 radical (unpaired) electrons. The van der Waals surface area contributed by atoms with Gasteiger partial charge < -0.3 is 19.1 Å². The van der Waals surface area contributed by atoms with Gasteiger partial charge in [0.05, 0.1) is 23.8 Å². The van der Waals surface area contributed by atoms with Crippen molar-refractivity contribution in [3.8, 4) is 0 Å². The fourth-order valence-electron chi connectivity index (χ4n) is 6.59. The van der Waals surface area contributed by atoms with Crippen LogP contribution in [0.1, 0.15) is 30.0 Å². The summed E-state index contributed by atoms with van der Waals surface area (Å²) in [5, 5.41) is 0.910.